The largest absolute Gasteiger partial charge is 0.223 e. The molecule has 0 bridgehead atoms. The van der Waals surface area contributed by atoms with Gasteiger partial charge in [-0.05, 0) is 38.3 Å². The first-order valence-electron chi connectivity index (χ1n) is 7.17. The van der Waals surface area contributed by atoms with Gasteiger partial charge in [0, 0.05) is 0 Å². The lowest BCUT2D eigenvalue weighted by Crippen LogP contribution is -2.06. The summed E-state index contributed by atoms with van der Waals surface area (Å²) in [7, 11) is -3.54. The quantitative estimate of drug-likeness (QED) is 0.382. The topological polar surface area (TPSA) is 34.1 Å². The normalized spacial score (nSPS) is 12.4. The molecule has 0 atom stereocenters. The Morgan fingerprint density at radius 1 is 1.00 bits per heavy atom. The molecule has 0 N–H and O–H groups in total. The van der Waals surface area contributed by atoms with Gasteiger partial charge in [0.25, 0.3) is 0 Å². The van der Waals surface area contributed by atoms with Crippen molar-refractivity contribution in [1.82, 2.24) is 0 Å². The molecular formula is C14H17Br2FO2S3. The lowest BCUT2D eigenvalue weighted by Gasteiger charge is -2.02. The molecule has 0 spiro atoms. The Labute approximate surface area is 155 Å². The van der Waals surface area contributed by atoms with Crippen LogP contribution in [0.25, 0.3) is 10.1 Å². The highest BCUT2D eigenvalue weighted by Crippen LogP contribution is 2.47. The molecule has 0 aliphatic carbocycles. The lowest BCUT2D eigenvalue weighted by molar-refractivity contribution is 0.571. The zero-order valence-electron chi connectivity index (χ0n) is 12.1. The van der Waals surface area contributed by atoms with E-state index in [-0.39, 0.29) is 9.96 Å². The average molecular weight is 492 g/mol. The van der Waals surface area contributed by atoms with E-state index >= 15 is 0 Å². The number of halogens is 3. The van der Waals surface area contributed by atoms with Gasteiger partial charge in [-0.25, -0.2) is 12.8 Å². The molecule has 8 heteroatoms. The van der Waals surface area contributed by atoms with E-state index in [0.29, 0.717) is 20.3 Å². The van der Waals surface area contributed by atoms with Gasteiger partial charge in [0.2, 0.25) is 0 Å². The van der Waals surface area contributed by atoms with Gasteiger partial charge in [-0.15, -0.1) is 22.7 Å². The van der Waals surface area contributed by atoms with E-state index in [9.17, 15) is 12.8 Å². The fraction of sp³-hybridized carbons (Fsp3) is 0.571. The number of hydrogen-bond acceptors (Lipinski definition) is 4. The second-order valence-corrected chi connectivity index (χ2v) is 12.1. The van der Waals surface area contributed by atoms with Gasteiger partial charge in [-0.2, -0.15) is 0 Å². The van der Waals surface area contributed by atoms with E-state index in [1.807, 2.05) is 0 Å². The standard InChI is InChI=1S/C14H17Br2FO2S3/c1-2-3-4-5-6-7-8-22(18,19)14-10(17)9-11(20-14)13(16)21-12(9)15/h2-8H2,1H3. The van der Waals surface area contributed by atoms with Crippen LogP contribution in [0.5, 0.6) is 0 Å². The predicted octanol–water partition coefficient (Wildman–Crippen LogP) is 6.76. The van der Waals surface area contributed by atoms with Gasteiger partial charge in [0.1, 0.15) is 0 Å². The molecule has 0 saturated heterocycles. The van der Waals surface area contributed by atoms with Gasteiger partial charge in [-0.3, -0.25) is 0 Å². The van der Waals surface area contributed by atoms with E-state index < -0.39 is 15.7 Å². The first-order valence-corrected chi connectivity index (χ1v) is 12.0. The highest BCUT2D eigenvalue weighted by Gasteiger charge is 2.27. The Morgan fingerprint density at radius 3 is 2.27 bits per heavy atom. The maximum Gasteiger partial charge on any atom is 0.190 e. The van der Waals surface area contributed by atoms with Crippen molar-refractivity contribution in [1.29, 1.82) is 0 Å². The Bertz CT molecular complexity index is 750. The third-order valence-electron chi connectivity index (χ3n) is 3.42. The molecule has 0 aromatic carbocycles. The smallest absolute Gasteiger partial charge is 0.190 e. The van der Waals surface area contributed by atoms with E-state index in [1.165, 1.54) is 24.2 Å². The summed E-state index contributed by atoms with van der Waals surface area (Å²) in [5.41, 5.74) is 0. The van der Waals surface area contributed by atoms with Gasteiger partial charge >= 0.3 is 0 Å². The van der Waals surface area contributed by atoms with Crippen LogP contribution >= 0.6 is 54.5 Å². The zero-order chi connectivity index (χ0) is 16.3. The molecule has 0 aliphatic heterocycles. The maximum absolute atomic E-state index is 14.5. The molecule has 0 unspecified atom stereocenters. The van der Waals surface area contributed by atoms with Crippen molar-refractivity contribution in [3.8, 4) is 0 Å². The summed E-state index contributed by atoms with van der Waals surface area (Å²) in [6.07, 6.45) is 6.01. The van der Waals surface area contributed by atoms with Crippen molar-refractivity contribution in [3.63, 3.8) is 0 Å². The summed E-state index contributed by atoms with van der Waals surface area (Å²) < 4.78 is 41.1. The number of hydrogen-bond donors (Lipinski definition) is 0. The lowest BCUT2D eigenvalue weighted by atomic mass is 10.1. The molecule has 0 radical (unpaired) electrons. The fourth-order valence-electron chi connectivity index (χ4n) is 2.25. The van der Waals surface area contributed by atoms with Crippen LogP contribution in [-0.2, 0) is 9.84 Å². The van der Waals surface area contributed by atoms with Crippen molar-refractivity contribution in [2.45, 2.75) is 49.7 Å². The van der Waals surface area contributed by atoms with Crippen molar-refractivity contribution >= 4 is 74.5 Å². The molecule has 2 nitrogen and oxygen atoms in total. The summed E-state index contributed by atoms with van der Waals surface area (Å²) in [5.74, 6) is -0.586. The van der Waals surface area contributed by atoms with Crippen molar-refractivity contribution in [2.75, 3.05) is 5.75 Å². The van der Waals surface area contributed by atoms with Crippen LogP contribution in [0, 0.1) is 5.82 Å². The molecule has 22 heavy (non-hydrogen) atoms. The molecule has 2 aromatic heterocycles. The monoisotopic (exact) mass is 490 g/mol. The molecule has 0 fully saturated rings. The number of fused-ring (bicyclic) bond motifs is 1. The Kier molecular flexibility index (Phi) is 6.89. The molecule has 124 valence electrons. The van der Waals surface area contributed by atoms with Crippen LogP contribution in [0.4, 0.5) is 4.39 Å². The third kappa shape index (κ3) is 4.12. The number of sulfone groups is 1. The molecular weight excluding hydrogens is 475 g/mol. The van der Waals surface area contributed by atoms with Gasteiger partial charge in [-0.1, -0.05) is 39.0 Å². The summed E-state index contributed by atoms with van der Waals surface area (Å²) in [5, 5.41) is 0.378. The summed E-state index contributed by atoms with van der Waals surface area (Å²) >= 11 is 9.04. The predicted molar refractivity (Wildman–Crippen MR) is 100 cm³/mol. The minimum atomic E-state index is -3.54. The first kappa shape index (κ1) is 18.8. The SMILES string of the molecule is CCCCCCCCS(=O)(=O)c1sc2c(Br)sc(Br)c2c1F. The number of rotatable bonds is 8. The molecule has 2 rings (SSSR count). The molecule has 0 saturated carbocycles. The van der Waals surface area contributed by atoms with E-state index in [4.69, 9.17) is 0 Å². The highest BCUT2D eigenvalue weighted by molar-refractivity contribution is 9.12. The average Bonchev–Trinajstić information content (AvgIpc) is 2.94. The first-order chi connectivity index (χ1) is 10.4. The van der Waals surface area contributed by atoms with Gasteiger partial charge in [0.05, 0.1) is 23.4 Å². The minimum absolute atomic E-state index is 0.0256. The zero-order valence-corrected chi connectivity index (χ0v) is 17.7. The van der Waals surface area contributed by atoms with Crippen molar-refractivity contribution < 1.29 is 12.8 Å². The van der Waals surface area contributed by atoms with Crippen LogP contribution in [0.1, 0.15) is 45.4 Å². The fourth-order valence-corrected chi connectivity index (χ4v) is 8.68. The Morgan fingerprint density at radius 2 is 1.64 bits per heavy atom. The number of thiophene rings is 2. The van der Waals surface area contributed by atoms with Gasteiger partial charge in [0.15, 0.2) is 19.9 Å². The summed E-state index contributed by atoms with van der Waals surface area (Å²) in [4.78, 5) is 0. The van der Waals surface area contributed by atoms with Crippen LogP contribution in [0.3, 0.4) is 0 Å². The second kappa shape index (κ2) is 8.05. The van der Waals surface area contributed by atoms with E-state index in [1.54, 1.807) is 0 Å². The van der Waals surface area contributed by atoms with Crippen LogP contribution in [-0.4, -0.2) is 14.2 Å². The van der Waals surface area contributed by atoms with E-state index in [0.717, 1.165) is 34.4 Å². The molecule has 0 amide bonds. The Balaban J connectivity index is 2.10. The molecule has 2 aromatic rings. The second-order valence-electron chi connectivity index (χ2n) is 5.14. The maximum atomic E-state index is 14.5. The highest BCUT2D eigenvalue weighted by atomic mass is 79.9. The van der Waals surface area contributed by atoms with Crippen LogP contribution in [0.2, 0.25) is 0 Å². The third-order valence-corrected chi connectivity index (χ3v) is 9.91. The van der Waals surface area contributed by atoms with Gasteiger partial charge < -0.3 is 0 Å². The minimum Gasteiger partial charge on any atom is -0.223 e. The van der Waals surface area contributed by atoms with Crippen LogP contribution in [0.15, 0.2) is 11.8 Å². The number of unbranched alkanes of at least 4 members (excludes halogenated alkanes) is 5. The van der Waals surface area contributed by atoms with Crippen molar-refractivity contribution in [2.24, 2.45) is 0 Å². The molecule has 2 heterocycles. The van der Waals surface area contributed by atoms with E-state index in [2.05, 4.69) is 38.8 Å². The molecule has 0 aliphatic rings. The Hall–Kier alpha value is 0.500. The summed E-state index contributed by atoms with van der Waals surface area (Å²) in [6.45, 7) is 2.14. The summed E-state index contributed by atoms with van der Waals surface area (Å²) in [6, 6.07) is 0. The van der Waals surface area contributed by atoms with Crippen molar-refractivity contribution in [3.05, 3.63) is 13.4 Å². The van der Waals surface area contributed by atoms with Crippen LogP contribution < -0.4 is 0 Å².